The molecule has 28 atom stereocenters. The Bertz CT molecular complexity index is 2090. The van der Waals surface area contributed by atoms with Crippen molar-refractivity contribution in [3.63, 3.8) is 0 Å². The van der Waals surface area contributed by atoms with Crippen LogP contribution in [0.4, 0.5) is 0 Å². The smallest absolute Gasteiger partial charge is 0.315 e. The van der Waals surface area contributed by atoms with E-state index in [1.165, 1.54) is 5.57 Å². The number of rotatable bonds is 10. The molecule has 5 saturated heterocycles. The van der Waals surface area contributed by atoms with Crippen molar-refractivity contribution in [1.29, 1.82) is 0 Å². The Kier molecular flexibility index (Phi) is 14.8. The van der Waals surface area contributed by atoms with E-state index in [2.05, 4.69) is 54.5 Å². The number of hydrogen-bond donors (Lipinski definition) is 12. The number of aliphatic hydroxyl groups is 12. The summed E-state index contributed by atoms with van der Waals surface area (Å²) in [6.45, 7) is 13.5. The van der Waals surface area contributed by atoms with E-state index in [9.17, 15) is 66.1 Å². The Hall–Kier alpha value is -1.59. The number of ether oxygens (including phenoxy) is 9. The van der Waals surface area contributed by atoms with Crippen LogP contribution in [-0.2, 0) is 47.4 Å². The molecule has 422 valence electrons. The van der Waals surface area contributed by atoms with Gasteiger partial charge in [-0.25, -0.2) is 0 Å². The maximum atomic E-state index is 13.8. The molecule has 10 aliphatic rings. The summed E-state index contributed by atoms with van der Waals surface area (Å²) in [4.78, 5) is 13.8. The molecular formula is C52H82O22. The summed E-state index contributed by atoms with van der Waals surface area (Å²) in [6.07, 6.45) is -23.2. The molecule has 9 fully saturated rings. The average Bonchev–Trinajstić information content (AvgIpc) is 3.68. The van der Waals surface area contributed by atoms with Gasteiger partial charge in [0.1, 0.15) is 97.0 Å². The molecule has 0 aromatic carbocycles. The van der Waals surface area contributed by atoms with Gasteiger partial charge in [-0.1, -0.05) is 60.1 Å². The van der Waals surface area contributed by atoms with E-state index >= 15 is 0 Å². The second-order valence-corrected chi connectivity index (χ2v) is 25.6. The Morgan fingerprint density at radius 3 is 1.95 bits per heavy atom. The molecule has 1 spiro atoms. The van der Waals surface area contributed by atoms with E-state index < -0.39 is 165 Å². The van der Waals surface area contributed by atoms with Crippen LogP contribution in [0.1, 0.15) is 99.8 Å². The number of carbonyl (C=O) groups excluding carboxylic acids is 1. The average molecular weight is 1060 g/mol. The van der Waals surface area contributed by atoms with Gasteiger partial charge < -0.3 is 104 Å². The molecular weight excluding hydrogens is 977 g/mol. The summed E-state index contributed by atoms with van der Waals surface area (Å²) >= 11 is 0. The molecule has 0 amide bonds. The van der Waals surface area contributed by atoms with Crippen LogP contribution in [0.5, 0.6) is 0 Å². The molecule has 0 unspecified atom stereocenters. The maximum absolute atomic E-state index is 13.8. The van der Waals surface area contributed by atoms with Crippen molar-refractivity contribution in [2.45, 2.75) is 229 Å². The molecule has 4 saturated carbocycles. The van der Waals surface area contributed by atoms with E-state index in [4.69, 9.17) is 42.6 Å². The minimum atomic E-state index is -1.88. The number of hydrogen-bond acceptors (Lipinski definition) is 22. The zero-order valence-corrected chi connectivity index (χ0v) is 43.4. The molecule has 0 radical (unpaired) electrons. The van der Waals surface area contributed by atoms with Crippen LogP contribution < -0.4 is 0 Å². The molecule has 0 aromatic rings. The standard InChI is InChI=1S/C52H82O22/c1-47(2)14-22-21-8-9-28-49(5)12-11-30(48(3,4)27(49)10-13-50(28,6)51(21,7)15-29(56)52(22)16-31(47)72-46(52)65)71-45-41(74-43-39(64)36(61)34(59)25(17-53)69-43)37(62)35(60)26(70-45)20-68-44-40(33(58)24(55)19-67-44)73-42-38(63)32(57)23(54)18-66-42/h8,22-45,53-64H,9-20H2,1-7H3/t22-,23+,24-,25+,26+,27-,28+,29+,30-,31-,32-,33-,34+,35+,36-,37-,38+,39+,40+,41+,42-,43-,44-,45-,49-,50+,51+,52+/m0/s1. The normalized spacial score (nSPS) is 55.7. The van der Waals surface area contributed by atoms with Gasteiger partial charge in [0, 0.05) is 11.8 Å². The fourth-order valence-corrected chi connectivity index (χ4v) is 16.4. The van der Waals surface area contributed by atoms with Crippen molar-refractivity contribution in [1.82, 2.24) is 0 Å². The fourth-order valence-electron chi connectivity index (χ4n) is 16.4. The van der Waals surface area contributed by atoms with Crippen molar-refractivity contribution >= 4 is 5.97 Å². The summed E-state index contributed by atoms with van der Waals surface area (Å²) in [6, 6.07) is 0. The summed E-state index contributed by atoms with van der Waals surface area (Å²) < 4.78 is 54.2. The van der Waals surface area contributed by atoms with E-state index in [1.54, 1.807) is 0 Å². The van der Waals surface area contributed by atoms with Crippen LogP contribution in [-0.4, -0.2) is 223 Å². The molecule has 2 bridgehead atoms. The van der Waals surface area contributed by atoms with Crippen LogP contribution in [0.25, 0.3) is 0 Å². The van der Waals surface area contributed by atoms with E-state index in [0.29, 0.717) is 19.3 Å². The van der Waals surface area contributed by atoms with Gasteiger partial charge in [-0.15, -0.1) is 0 Å². The van der Waals surface area contributed by atoms with Gasteiger partial charge in [0.2, 0.25) is 0 Å². The Balaban J connectivity index is 0.902. The number of carbonyl (C=O) groups is 1. The first-order chi connectivity index (χ1) is 34.7. The van der Waals surface area contributed by atoms with Crippen LogP contribution >= 0.6 is 0 Å². The monoisotopic (exact) mass is 1060 g/mol. The van der Waals surface area contributed by atoms with Crippen LogP contribution in [0, 0.1) is 50.2 Å². The summed E-state index contributed by atoms with van der Waals surface area (Å²) in [5.41, 5.74) is -1.35. The Morgan fingerprint density at radius 1 is 0.622 bits per heavy atom. The van der Waals surface area contributed by atoms with Crippen molar-refractivity contribution < 1.29 is 109 Å². The van der Waals surface area contributed by atoms with Crippen molar-refractivity contribution in [3.8, 4) is 0 Å². The van der Waals surface area contributed by atoms with Gasteiger partial charge in [0.05, 0.1) is 38.6 Å². The molecule has 12 N–H and O–H groups in total. The number of aliphatic hydroxyl groups excluding tert-OH is 12. The lowest BCUT2D eigenvalue weighted by Crippen LogP contribution is -2.68. The first kappa shape index (κ1) is 55.7. The van der Waals surface area contributed by atoms with Crippen LogP contribution in [0.3, 0.4) is 0 Å². The zero-order chi connectivity index (χ0) is 53.6. The minimum absolute atomic E-state index is 0.0747. The molecule has 5 aliphatic heterocycles. The van der Waals surface area contributed by atoms with Gasteiger partial charge in [0.15, 0.2) is 25.2 Å². The van der Waals surface area contributed by atoms with E-state index in [0.717, 1.165) is 32.1 Å². The molecule has 74 heavy (non-hydrogen) atoms. The maximum Gasteiger partial charge on any atom is 0.315 e. The largest absolute Gasteiger partial charge is 0.461 e. The first-order valence-corrected chi connectivity index (χ1v) is 26.8. The minimum Gasteiger partial charge on any atom is -0.461 e. The van der Waals surface area contributed by atoms with E-state index in [1.807, 2.05) is 0 Å². The quantitative estimate of drug-likeness (QED) is 0.0654. The van der Waals surface area contributed by atoms with Crippen molar-refractivity contribution in [2.75, 3.05) is 26.4 Å². The van der Waals surface area contributed by atoms with E-state index in [-0.39, 0.29) is 46.1 Å². The molecule has 0 aromatic heterocycles. The fraction of sp³-hybridized carbons (Fsp3) is 0.942. The summed E-state index contributed by atoms with van der Waals surface area (Å²) in [7, 11) is 0. The topological polar surface area (TPSA) is 343 Å². The van der Waals surface area contributed by atoms with Crippen molar-refractivity contribution in [2.24, 2.45) is 50.2 Å². The second kappa shape index (κ2) is 19.6. The van der Waals surface area contributed by atoms with Gasteiger partial charge in [-0.2, -0.15) is 0 Å². The highest BCUT2D eigenvalue weighted by molar-refractivity contribution is 5.82. The predicted octanol–water partition coefficient (Wildman–Crippen LogP) is -1.77. The summed E-state index contributed by atoms with van der Waals surface area (Å²) in [5.74, 6) is -0.131. The van der Waals surface area contributed by atoms with Crippen molar-refractivity contribution in [3.05, 3.63) is 11.6 Å². The highest BCUT2D eigenvalue weighted by atomic mass is 16.8. The Morgan fingerprint density at radius 2 is 1.24 bits per heavy atom. The zero-order valence-electron chi connectivity index (χ0n) is 43.4. The third-order valence-electron chi connectivity index (χ3n) is 21.1. The lowest BCUT2D eigenvalue weighted by molar-refractivity contribution is -0.384. The molecule has 10 rings (SSSR count). The Labute approximate surface area is 430 Å². The molecule has 5 aliphatic carbocycles. The first-order valence-electron chi connectivity index (χ1n) is 26.8. The lowest BCUT2D eigenvalue weighted by atomic mass is 9.33. The van der Waals surface area contributed by atoms with Gasteiger partial charge in [-0.05, 0) is 84.4 Å². The third-order valence-corrected chi connectivity index (χ3v) is 21.1. The number of fused-ring (bicyclic) bond motifs is 7. The molecule has 22 nitrogen and oxygen atoms in total. The SMILES string of the molecule is CC1(C)C[C@H]2C3=CC[C@@H]4[C@@]5(C)CC[C@H](O[C@@H]6O[C@H](CO[C@@H]7OC[C@H](O)[C@H](O)[C@H]7O[C@@H]7OC[C@@H](O)[C@H](O)[C@H]7O)[C@@H](O)[C@H](O)[C@H]6O[C@@H]6O[C@H](CO)[C@@H](O)[C@H](O)[C@H]6O)C(C)(C)[C@@H]5CC[C@@]4(C)[C@]3(C)C[C@@H](O)[C@@]23C[C@@H]1OC3=O. The lowest BCUT2D eigenvalue weighted by Gasteiger charge is -2.71. The van der Waals surface area contributed by atoms with Crippen LogP contribution in [0.15, 0.2) is 11.6 Å². The van der Waals surface area contributed by atoms with Gasteiger partial charge in [0.25, 0.3) is 0 Å². The highest BCUT2D eigenvalue weighted by Gasteiger charge is 2.75. The number of esters is 1. The number of allylic oxidation sites excluding steroid dienone is 2. The second-order valence-electron chi connectivity index (χ2n) is 25.6. The van der Waals surface area contributed by atoms with Gasteiger partial charge in [-0.3, -0.25) is 4.79 Å². The summed E-state index contributed by atoms with van der Waals surface area (Å²) in [5, 5.41) is 131. The molecule has 5 heterocycles. The van der Waals surface area contributed by atoms with Crippen LogP contribution in [0.2, 0.25) is 0 Å². The molecule has 22 heteroatoms. The highest BCUT2D eigenvalue weighted by Crippen LogP contribution is 2.77. The predicted molar refractivity (Wildman–Crippen MR) is 250 cm³/mol. The third kappa shape index (κ3) is 8.45. The van der Waals surface area contributed by atoms with Gasteiger partial charge >= 0.3 is 5.97 Å².